The van der Waals surface area contributed by atoms with Gasteiger partial charge in [0, 0.05) is 12.1 Å². The number of aromatic nitrogens is 3. The zero-order chi connectivity index (χ0) is 29.3. The molecule has 1 N–H and O–H groups in total. The summed E-state index contributed by atoms with van der Waals surface area (Å²) < 4.78 is 53.4. The average Bonchev–Trinajstić information content (AvgIpc) is 3.57. The lowest BCUT2D eigenvalue weighted by Gasteiger charge is -2.10. The number of nitrogens with zero attached hydrogens (tertiary/aromatic N) is 4. The maximum absolute atomic E-state index is 13.9. The molecule has 210 valence electrons. The van der Waals surface area contributed by atoms with Crippen molar-refractivity contribution in [2.75, 3.05) is 11.9 Å². The first-order valence-corrected chi connectivity index (χ1v) is 13.4. The van der Waals surface area contributed by atoms with Crippen LogP contribution in [-0.2, 0) is 6.18 Å². The van der Waals surface area contributed by atoms with Crippen molar-refractivity contribution in [3.8, 4) is 27.8 Å². The van der Waals surface area contributed by atoms with Crippen molar-refractivity contribution in [3.05, 3.63) is 92.0 Å². The predicted molar refractivity (Wildman–Crippen MR) is 148 cm³/mol. The molecule has 0 spiro atoms. The van der Waals surface area contributed by atoms with E-state index in [-0.39, 0.29) is 32.9 Å². The number of fused-ring (bicyclic) bond motifs is 1. The third kappa shape index (κ3) is 6.00. The number of ether oxygens (including phenoxy) is 2. The van der Waals surface area contributed by atoms with Gasteiger partial charge in [0.1, 0.15) is 17.2 Å². The van der Waals surface area contributed by atoms with Crippen molar-refractivity contribution < 1.29 is 32.4 Å². The molecule has 0 aliphatic rings. The molecule has 3 aromatic heterocycles. The summed E-state index contributed by atoms with van der Waals surface area (Å²) in [5.74, 6) is 0.0622. The van der Waals surface area contributed by atoms with Crippen LogP contribution < -0.4 is 14.8 Å². The Balaban J connectivity index is 1.49. The van der Waals surface area contributed by atoms with Crippen molar-refractivity contribution >= 4 is 50.2 Å². The number of rotatable bonds is 8. The van der Waals surface area contributed by atoms with Crippen LogP contribution in [0.1, 0.15) is 23.1 Å². The van der Waals surface area contributed by atoms with Crippen LogP contribution in [0.5, 0.6) is 17.2 Å². The van der Waals surface area contributed by atoms with Gasteiger partial charge in [-0.2, -0.15) is 18.3 Å². The molecule has 0 bridgehead atoms. The van der Waals surface area contributed by atoms with Crippen molar-refractivity contribution in [1.82, 2.24) is 14.6 Å². The third-order valence-electron chi connectivity index (χ3n) is 5.54. The molecule has 15 heteroatoms. The molecule has 2 aromatic carbocycles. The van der Waals surface area contributed by atoms with Gasteiger partial charge in [0.05, 0.1) is 38.3 Å². The monoisotopic (exact) mass is 647 g/mol. The normalized spacial score (nSPS) is 11.4. The third-order valence-corrected chi connectivity index (χ3v) is 7.16. The molecular weight excluding hydrogens is 631 g/mol. The summed E-state index contributed by atoms with van der Waals surface area (Å²) in [6.07, 6.45) is -4.81. The van der Waals surface area contributed by atoms with Gasteiger partial charge >= 0.3 is 6.18 Å². The van der Waals surface area contributed by atoms with Gasteiger partial charge in [-0.3, -0.25) is 14.9 Å². The van der Waals surface area contributed by atoms with Gasteiger partial charge in [0.2, 0.25) is 0 Å². The second-order valence-corrected chi connectivity index (χ2v) is 10.1. The molecule has 5 rings (SSSR count). The van der Waals surface area contributed by atoms with Crippen LogP contribution in [0, 0.1) is 10.1 Å². The fraction of sp³-hybridized carbons (Fsp3) is 0.115. The lowest BCUT2D eigenvalue weighted by Crippen LogP contribution is -2.16. The molecule has 5 aromatic rings. The number of nitro benzene ring substituents is 1. The summed E-state index contributed by atoms with van der Waals surface area (Å²) in [5.41, 5.74) is -2.15. The maximum Gasteiger partial charge on any atom is 0.433 e. The molecule has 0 fully saturated rings. The number of carbonyl (C=O) groups is 1. The molecule has 0 aliphatic carbocycles. The zero-order valence-corrected chi connectivity index (χ0v) is 23.2. The number of nitrogens with one attached hydrogen (secondary N) is 1. The average molecular weight is 648 g/mol. The second kappa shape index (κ2) is 11.2. The van der Waals surface area contributed by atoms with E-state index in [4.69, 9.17) is 9.47 Å². The number of carbonyl (C=O) groups excluding carboxylic acids is 1. The summed E-state index contributed by atoms with van der Waals surface area (Å²) in [6.45, 7) is 2.31. The minimum absolute atomic E-state index is 0.0364. The molecule has 41 heavy (non-hydrogen) atoms. The summed E-state index contributed by atoms with van der Waals surface area (Å²) in [5, 5.41) is 19.6. The molecule has 0 radical (unpaired) electrons. The van der Waals surface area contributed by atoms with E-state index in [1.54, 1.807) is 41.8 Å². The van der Waals surface area contributed by atoms with E-state index >= 15 is 0 Å². The Morgan fingerprint density at radius 2 is 1.85 bits per heavy atom. The minimum Gasteiger partial charge on any atom is -0.494 e. The molecule has 0 saturated carbocycles. The van der Waals surface area contributed by atoms with Crippen LogP contribution in [0.2, 0.25) is 0 Å². The number of hydrogen-bond acceptors (Lipinski definition) is 8. The summed E-state index contributed by atoms with van der Waals surface area (Å²) >= 11 is 4.37. The van der Waals surface area contributed by atoms with E-state index in [1.807, 2.05) is 6.92 Å². The van der Waals surface area contributed by atoms with E-state index in [0.717, 1.165) is 12.1 Å². The Kier molecular flexibility index (Phi) is 7.64. The predicted octanol–water partition coefficient (Wildman–Crippen LogP) is 7.59. The first kappa shape index (κ1) is 28.0. The number of halogens is 4. The lowest BCUT2D eigenvalue weighted by atomic mass is 10.2. The summed E-state index contributed by atoms with van der Waals surface area (Å²) in [7, 11) is 0. The number of amides is 1. The molecule has 3 heterocycles. The van der Waals surface area contributed by atoms with Crippen molar-refractivity contribution in [3.63, 3.8) is 0 Å². The number of anilines is 1. The highest BCUT2D eigenvalue weighted by atomic mass is 79.9. The highest BCUT2D eigenvalue weighted by Gasteiger charge is 2.37. The molecule has 0 saturated heterocycles. The quantitative estimate of drug-likeness (QED) is 0.136. The molecule has 10 nitrogen and oxygen atoms in total. The van der Waals surface area contributed by atoms with Crippen LogP contribution in [-0.4, -0.2) is 32.0 Å². The Morgan fingerprint density at radius 1 is 1.12 bits per heavy atom. The van der Waals surface area contributed by atoms with Crippen molar-refractivity contribution in [2.45, 2.75) is 13.1 Å². The first-order valence-electron chi connectivity index (χ1n) is 11.8. The first-order chi connectivity index (χ1) is 19.5. The number of alkyl halides is 3. The Hall–Kier alpha value is -4.50. The van der Waals surface area contributed by atoms with E-state index < -0.39 is 28.4 Å². The number of non-ortho nitro benzene ring substituents is 1. The summed E-state index contributed by atoms with van der Waals surface area (Å²) in [6, 6.07) is 14.3. The van der Waals surface area contributed by atoms with Gasteiger partial charge in [0.15, 0.2) is 17.0 Å². The van der Waals surface area contributed by atoms with Gasteiger partial charge in [-0.25, -0.2) is 9.50 Å². The van der Waals surface area contributed by atoms with E-state index in [9.17, 15) is 28.1 Å². The molecule has 1 amide bonds. The SMILES string of the molecule is CCOc1ccc(Oc2cc(NC(=O)c3nn4c(C(F)(F)F)cc(-c5cccs5)nc4c3Br)cc([N+](=O)[O-])c2)cc1. The lowest BCUT2D eigenvalue weighted by molar-refractivity contribution is -0.384. The number of benzene rings is 2. The van der Waals surface area contributed by atoms with Gasteiger partial charge < -0.3 is 14.8 Å². The topological polar surface area (TPSA) is 121 Å². The van der Waals surface area contributed by atoms with Gasteiger partial charge in [-0.05, 0) is 64.6 Å². The van der Waals surface area contributed by atoms with Crippen LogP contribution in [0.4, 0.5) is 24.5 Å². The largest absolute Gasteiger partial charge is 0.494 e. The number of thiophene rings is 1. The van der Waals surface area contributed by atoms with E-state index in [1.165, 1.54) is 23.5 Å². The van der Waals surface area contributed by atoms with Crippen LogP contribution in [0.25, 0.3) is 16.2 Å². The summed E-state index contributed by atoms with van der Waals surface area (Å²) in [4.78, 5) is 28.8. The molecule has 0 unspecified atom stereocenters. The Bertz CT molecular complexity index is 1760. The number of hydrogen-bond donors (Lipinski definition) is 1. The zero-order valence-electron chi connectivity index (χ0n) is 20.8. The van der Waals surface area contributed by atoms with Crippen LogP contribution >= 0.6 is 27.3 Å². The highest BCUT2D eigenvalue weighted by molar-refractivity contribution is 9.10. The Labute approximate surface area is 241 Å². The van der Waals surface area contributed by atoms with Crippen molar-refractivity contribution in [1.29, 1.82) is 0 Å². The molecular formula is C26H17BrF3N5O5S. The Morgan fingerprint density at radius 3 is 2.49 bits per heavy atom. The van der Waals surface area contributed by atoms with Gasteiger partial charge in [-0.15, -0.1) is 11.3 Å². The van der Waals surface area contributed by atoms with Crippen LogP contribution in [0.15, 0.2) is 70.5 Å². The smallest absolute Gasteiger partial charge is 0.433 e. The van der Waals surface area contributed by atoms with Crippen molar-refractivity contribution in [2.24, 2.45) is 0 Å². The molecule has 0 aliphatic heterocycles. The highest BCUT2D eigenvalue weighted by Crippen LogP contribution is 2.36. The second-order valence-electron chi connectivity index (χ2n) is 8.33. The fourth-order valence-electron chi connectivity index (χ4n) is 3.81. The van der Waals surface area contributed by atoms with Gasteiger partial charge in [-0.1, -0.05) is 6.07 Å². The minimum atomic E-state index is -4.81. The number of nitro groups is 1. The van der Waals surface area contributed by atoms with E-state index in [0.29, 0.717) is 27.5 Å². The van der Waals surface area contributed by atoms with Crippen LogP contribution in [0.3, 0.4) is 0 Å². The van der Waals surface area contributed by atoms with E-state index in [2.05, 4.69) is 31.3 Å². The fourth-order valence-corrected chi connectivity index (χ4v) is 5.01. The molecule has 0 atom stereocenters. The maximum atomic E-state index is 13.9. The van der Waals surface area contributed by atoms with Gasteiger partial charge in [0.25, 0.3) is 11.6 Å². The standard InChI is InChI=1S/C26H17BrF3N5O5S/c1-2-39-16-5-7-17(8-6-16)40-18-11-14(10-15(12-18)35(37)38)31-25(36)23-22(27)24-32-19(20-4-3-9-41-20)13-21(26(28,29)30)34(24)33-23/h3-13H,2H2,1H3,(H,31,36).